The third-order valence-corrected chi connectivity index (χ3v) is 5.81. The lowest BCUT2D eigenvalue weighted by Gasteiger charge is -2.18. The zero-order valence-electron chi connectivity index (χ0n) is 11.0. The second-order valence-electron chi connectivity index (χ2n) is 4.50. The van der Waals surface area contributed by atoms with Crippen LogP contribution in [0.2, 0.25) is 0 Å². The van der Waals surface area contributed by atoms with E-state index in [-0.39, 0.29) is 0 Å². The van der Waals surface area contributed by atoms with Crippen LogP contribution in [0.3, 0.4) is 0 Å². The molecule has 1 N–H and O–H groups in total. The Bertz CT molecular complexity index is 533. The highest BCUT2D eigenvalue weighted by Crippen LogP contribution is 2.34. The van der Waals surface area contributed by atoms with Crippen molar-refractivity contribution >= 4 is 49.9 Å². The van der Waals surface area contributed by atoms with Gasteiger partial charge in [0, 0.05) is 17.8 Å². The van der Waals surface area contributed by atoms with E-state index in [1.807, 2.05) is 11.3 Å². The van der Waals surface area contributed by atoms with Crippen LogP contribution >= 0.6 is 49.9 Å². The van der Waals surface area contributed by atoms with E-state index in [0.717, 1.165) is 13.0 Å². The van der Waals surface area contributed by atoms with Gasteiger partial charge in [-0.2, -0.15) is 0 Å². The molecule has 0 bridgehead atoms. The van der Waals surface area contributed by atoms with Crippen molar-refractivity contribution in [2.45, 2.75) is 26.3 Å². The summed E-state index contributed by atoms with van der Waals surface area (Å²) in [5, 5.41) is 3.66. The number of hydrogen-bond acceptors (Lipinski definition) is 2. The maximum atomic E-state index is 3.66. The summed E-state index contributed by atoms with van der Waals surface area (Å²) in [4.78, 5) is 2.71. The molecule has 1 aromatic heterocycles. The highest BCUT2D eigenvalue weighted by molar-refractivity contribution is 14.1. The molecule has 0 radical (unpaired) electrons. The summed E-state index contributed by atoms with van der Waals surface area (Å²) in [6.07, 6.45) is 1.14. The molecule has 1 nitrogen and oxygen atoms in total. The fraction of sp³-hybridized carbons (Fsp3) is 0.333. The monoisotopic (exact) mass is 449 g/mol. The maximum absolute atomic E-state index is 3.66. The van der Waals surface area contributed by atoms with Crippen molar-refractivity contribution in [3.05, 3.63) is 53.7 Å². The first-order valence-electron chi connectivity index (χ1n) is 6.36. The van der Waals surface area contributed by atoms with E-state index in [4.69, 9.17) is 0 Å². The normalized spacial score (nSPS) is 12.6. The number of hydrogen-bond donors (Lipinski definition) is 1. The van der Waals surface area contributed by atoms with Crippen molar-refractivity contribution in [3.63, 3.8) is 0 Å². The van der Waals surface area contributed by atoms with Crippen molar-refractivity contribution < 1.29 is 0 Å². The Hall–Kier alpha value is 0.0900. The van der Waals surface area contributed by atoms with Crippen LogP contribution in [0.5, 0.6) is 0 Å². The highest BCUT2D eigenvalue weighted by atomic mass is 127. The first kappa shape index (κ1) is 15.5. The van der Waals surface area contributed by atoms with Crippen LogP contribution in [0.1, 0.15) is 34.7 Å². The van der Waals surface area contributed by atoms with Crippen LogP contribution in [-0.4, -0.2) is 6.54 Å². The lowest BCUT2D eigenvalue weighted by atomic mass is 10.1. The molecule has 0 aliphatic heterocycles. The summed E-state index contributed by atoms with van der Waals surface area (Å²) in [7, 11) is 0. The van der Waals surface area contributed by atoms with Crippen molar-refractivity contribution in [2.75, 3.05) is 6.54 Å². The topological polar surface area (TPSA) is 12.0 Å². The molecule has 4 heteroatoms. The van der Waals surface area contributed by atoms with Crippen LogP contribution in [0.4, 0.5) is 0 Å². The van der Waals surface area contributed by atoms with Crippen LogP contribution < -0.4 is 5.32 Å². The number of thiophene rings is 1. The fourth-order valence-corrected chi connectivity index (χ4v) is 4.21. The Morgan fingerprint density at radius 1 is 1.37 bits per heavy atom. The molecule has 0 aliphatic carbocycles. The van der Waals surface area contributed by atoms with Gasteiger partial charge >= 0.3 is 0 Å². The van der Waals surface area contributed by atoms with Gasteiger partial charge in [0.25, 0.3) is 0 Å². The number of aryl methyl sites for hydroxylation is 1. The van der Waals surface area contributed by atoms with E-state index in [2.05, 4.69) is 88.0 Å². The first-order chi connectivity index (χ1) is 9.11. The van der Waals surface area contributed by atoms with Gasteiger partial charge in [0.05, 0.1) is 6.04 Å². The third-order valence-electron chi connectivity index (χ3n) is 2.94. The Morgan fingerprint density at radius 2 is 2.16 bits per heavy atom. The van der Waals surface area contributed by atoms with E-state index in [1.54, 1.807) is 0 Å². The van der Waals surface area contributed by atoms with E-state index in [9.17, 15) is 0 Å². The molecule has 19 heavy (non-hydrogen) atoms. The van der Waals surface area contributed by atoms with Gasteiger partial charge in [0.2, 0.25) is 0 Å². The SMILES string of the molecule is CCCNC(c1cccc(I)c1)c1cc(Br)c(C)s1. The smallest absolute Gasteiger partial charge is 0.0671 e. The summed E-state index contributed by atoms with van der Waals surface area (Å²) in [5.41, 5.74) is 1.34. The summed E-state index contributed by atoms with van der Waals surface area (Å²) >= 11 is 7.86. The van der Waals surface area contributed by atoms with Crippen molar-refractivity contribution in [2.24, 2.45) is 0 Å². The quantitative estimate of drug-likeness (QED) is 0.593. The predicted octanol–water partition coefficient (Wildman–Crippen LogP) is 5.51. The van der Waals surface area contributed by atoms with Crippen LogP contribution in [0.15, 0.2) is 34.8 Å². The van der Waals surface area contributed by atoms with Crippen molar-refractivity contribution in [1.29, 1.82) is 0 Å². The molecule has 0 spiro atoms. The molecule has 1 heterocycles. The Labute approximate surface area is 141 Å². The molecule has 102 valence electrons. The lowest BCUT2D eigenvalue weighted by molar-refractivity contribution is 0.605. The largest absolute Gasteiger partial charge is 0.306 e. The average molecular weight is 450 g/mol. The molecule has 2 rings (SSSR count). The van der Waals surface area contributed by atoms with Crippen molar-refractivity contribution in [1.82, 2.24) is 5.32 Å². The zero-order valence-corrected chi connectivity index (χ0v) is 15.6. The minimum atomic E-state index is 0.296. The minimum absolute atomic E-state index is 0.296. The molecule has 1 unspecified atom stereocenters. The fourth-order valence-electron chi connectivity index (χ4n) is 1.98. The summed E-state index contributed by atoms with van der Waals surface area (Å²) in [6, 6.07) is 11.3. The highest BCUT2D eigenvalue weighted by Gasteiger charge is 2.16. The maximum Gasteiger partial charge on any atom is 0.0671 e. The van der Waals surface area contributed by atoms with Gasteiger partial charge in [-0.15, -0.1) is 11.3 Å². The second-order valence-corrected chi connectivity index (χ2v) is 7.88. The van der Waals surface area contributed by atoms with Crippen molar-refractivity contribution in [3.8, 4) is 0 Å². The van der Waals surface area contributed by atoms with Crippen LogP contribution in [0.25, 0.3) is 0 Å². The van der Waals surface area contributed by atoms with Gasteiger partial charge in [-0.25, -0.2) is 0 Å². The molecular weight excluding hydrogens is 433 g/mol. The number of halogens is 2. The molecule has 0 saturated heterocycles. The molecule has 1 aromatic carbocycles. The number of rotatable bonds is 5. The molecule has 0 amide bonds. The zero-order chi connectivity index (χ0) is 13.8. The van der Waals surface area contributed by atoms with Gasteiger partial charge in [0.15, 0.2) is 0 Å². The van der Waals surface area contributed by atoms with Crippen LogP contribution in [-0.2, 0) is 0 Å². The standard InChI is InChI=1S/C15H17BrINS/c1-3-7-18-15(11-5-4-6-12(17)8-11)14-9-13(16)10(2)19-14/h4-6,8-9,15,18H,3,7H2,1-2H3. The first-order valence-corrected chi connectivity index (χ1v) is 9.05. The van der Waals surface area contributed by atoms with E-state index in [0.29, 0.717) is 6.04 Å². The molecular formula is C15H17BrINS. The predicted molar refractivity (Wildman–Crippen MR) is 96.1 cm³/mol. The van der Waals surface area contributed by atoms with Gasteiger partial charge in [-0.1, -0.05) is 19.1 Å². The molecule has 0 aliphatic rings. The molecule has 0 fully saturated rings. The van der Waals surface area contributed by atoms with E-state index >= 15 is 0 Å². The van der Waals surface area contributed by atoms with Gasteiger partial charge < -0.3 is 5.32 Å². The summed E-state index contributed by atoms with van der Waals surface area (Å²) in [5.74, 6) is 0. The summed E-state index contributed by atoms with van der Waals surface area (Å²) < 4.78 is 2.49. The molecule has 0 saturated carbocycles. The Kier molecular flexibility index (Phi) is 5.87. The number of nitrogens with one attached hydrogen (secondary N) is 1. The molecule has 2 aromatic rings. The van der Waals surface area contributed by atoms with E-state index < -0.39 is 0 Å². The average Bonchev–Trinajstić information content (AvgIpc) is 2.70. The summed E-state index contributed by atoms with van der Waals surface area (Å²) in [6.45, 7) is 5.39. The minimum Gasteiger partial charge on any atom is -0.306 e. The van der Waals surface area contributed by atoms with Crippen LogP contribution in [0, 0.1) is 10.5 Å². The molecule has 1 atom stereocenters. The van der Waals surface area contributed by atoms with Gasteiger partial charge in [0.1, 0.15) is 0 Å². The van der Waals surface area contributed by atoms with Gasteiger partial charge in [-0.3, -0.25) is 0 Å². The third kappa shape index (κ3) is 4.03. The Morgan fingerprint density at radius 3 is 2.74 bits per heavy atom. The van der Waals surface area contributed by atoms with E-state index in [1.165, 1.54) is 23.4 Å². The Balaban J connectivity index is 2.35. The second kappa shape index (κ2) is 7.20. The number of benzene rings is 1. The lowest BCUT2D eigenvalue weighted by Crippen LogP contribution is -2.22. The van der Waals surface area contributed by atoms with Gasteiger partial charge in [-0.05, 0) is 82.2 Å².